The van der Waals surface area contributed by atoms with Crippen LogP contribution in [0.3, 0.4) is 0 Å². The van der Waals surface area contributed by atoms with Crippen LogP contribution in [0.25, 0.3) is 0 Å². The summed E-state index contributed by atoms with van der Waals surface area (Å²) in [6.45, 7) is 6.68. The van der Waals surface area contributed by atoms with Crippen LogP contribution in [-0.2, 0) is 4.74 Å². The van der Waals surface area contributed by atoms with Crippen LogP contribution in [0.1, 0.15) is 17.3 Å². The second kappa shape index (κ2) is 4.79. The largest absolute Gasteiger partial charge is 0.462 e. The lowest BCUT2D eigenvalue weighted by atomic mass is 9.50. The van der Waals surface area contributed by atoms with E-state index in [0.717, 1.165) is 5.46 Å². The number of carbonyl (C=O) groups excluding carboxylic acids is 1. The summed E-state index contributed by atoms with van der Waals surface area (Å²) in [5, 5.41) is 0. The summed E-state index contributed by atoms with van der Waals surface area (Å²) in [4.78, 5) is 15.4. The molecule has 0 radical (unpaired) electrons. The molecule has 74 valence electrons. The first-order chi connectivity index (χ1) is 6.65. The predicted octanol–water partition coefficient (Wildman–Crippen LogP) is 1.22. The smallest absolute Gasteiger partial charge is 0.339 e. The summed E-state index contributed by atoms with van der Waals surface area (Å²) < 4.78 is 4.88. The van der Waals surface area contributed by atoms with Crippen LogP contribution in [0, 0.1) is 0 Å². The molecule has 1 aromatic heterocycles. The average molecular weight is 191 g/mol. The molecule has 4 heteroatoms. The van der Waals surface area contributed by atoms with Gasteiger partial charge in [-0.2, -0.15) is 0 Å². The third-order valence-corrected chi connectivity index (χ3v) is 1.94. The van der Waals surface area contributed by atoms with Crippen molar-refractivity contribution in [2.45, 2.75) is 20.6 Å². The Bertz CT molecular complexity index is 326. The van der Waals surface area contributed by atoms with Crippen LogP contribution in [-0.4, -0.2) is 24.3 Å². The maximum Gasteiger partial charge on any atom is 0.339 e. The molecule has 14 heavy (non-hydrogen) atoms. The van der Waals surface area contributed by atoms with E-state index in [1.54, 1.807) is 13.1 Å². The van der Waals surface area contributed by atoms with Gasteiger partial charge < -0.3 is 4.74 Å². The third-order valence-electron chi connectivity index (χ3n) is 1.94. The quantitative estimate of drug-likeness (QED) is 0.532. The fraction of sp³-hybridized carbons (Fsp3) is 0.400. The van der Waals surface area contributed by atoms with Crippen LogP contribution in [0.5, 0.6) is 0 Å². The molecular formula is C10H14BNO2. The number of esters is 1. The molecule has 0 N–H and O–H groups in total. The van der Waals surface area contributed by atoms with Gasteiger partial charge in [0, 0.05) is 12.4 Å². The van der Waals surface area contributed by atoms with Gasteiger partial charge in [-0.15, -0.1) is 0 Å². The zero-order valence-corrected chi connectivity index (χ0v) is 8.78. The van der Waals surface area contributed by atoms with E-state index in [1.807, 2.05) is 6.07 Å². The molecule has 0 bridgehead atoms. The zero-order valence-electron chi connectivity index (χ0n) is 8.78. The first-order valence-electron chi connectivity index (χ1n) is 4.77. The van der Waals surface area contributed by atoms with Crippen LogP contribution in [0.4, 0.5) is 0 Å². The van der Waals surface area contributed by atoms with E-state index >= 15 is 0 Å². The maximum absolute atomic E-state index is 11.4. The highest BCUT2D eigenvalue weighted by atomic mass is 16.5. The number of rotatable bonds is 3. The van der Waals surface area contributed by atoms with Gasteiger partial charge in [-0.1, -0.05) is 25.2 Å². The minimum atomic E-state index is -0.303. The number of ether oxygens (including phenoxy) is 1. The molecule has 0 saturated heterocycles. The predicted molar refractivity (Wildman–Crippen MR) is 57.3 cm³/mol. The molecule has 3 nitrogen and oxygen atoms in total. The molecule has 0 aliphatic carbocycles. The third kappa shape index (κ3) is 2.59. The van der Waals surface area contributed by atoms with E-state index in [2.05, 4.69) is 18.6 Å². The summed E-state index contributed by atoms with van der Waals surface area (Å²) in [6.07, 6.45) is 3.30. The Morgan fingerprint density at radius 2 is 2.21 bits per heavy atom. The molecule has 1 rings (SSSR count). The Labute approximate surface area is 84.6 Å². The van der Waals surface area contributed by atoms with Gasteiger partial charge in [-0.3, -0.25) is 4.98 Å². The van der Waals surface area contributed by atoms with Crippen molar-refractivity contribution in [1.29, 1.82) is 0 Å². The van der Waals surface area contributed by atoms with E-state index in [-0.39, 0.29) is 5.97 Å². The highest BCUT2D eigenvalue weighted by molar-refractivity contribution is 6.70. The van der Waals surface area contributed by atoms with Gasteiger partial charge in [0.1, 0.15) is 0 Å². The topological polar surface area (TPSA) is 39.2 Å². The van der Waals surface area contributed by atoms with Crippen molar-refractivity contribution in [2.75, 3.05) is 6.61 Å². The first kappa shape index (κ1) is 10.8. The lowest BCUT2D eigenvalue weighted by molar-refractivity contribution is 0.0526. The summed E-state index contributed by atoms with van der Waals surface area (Å²) in [7, 11) is 0. The molecule has 0 atom stereocenters. The standard InChI is InChI=1S/C10H14BNO2/c1-4-14-10(13)8-5-9(11(2)3)7-12-6-8/h5-7H,4H2,1-3H3. The Hall–Kier alpha value is -1.32. The van der Waals surface area contributed by atoms with E-state index in [1.165, 1.54) is 6.20 Å². The maximum atomic E-state index is 11.4. The van der Waals surface area contributed by atoms with Crippen LogP contribution in [0.2, 0.25) is 13.6 Å². The summed E-state index contributed by atoms with van der Waals surface area (Å²) >= 11 is 0. The van der Waals surface area contributed by atoms with Crippen molar-refractivity contribution in [3.8, 4) is 0 Å². The zero-order chi connectivity index (χ0) is 10.6. The Morgan fingerprint density at radius 3 is 2.79 bits per heavy atom. The normalized spacial score (nSPS) is 9.64. The Morgan fingerprint density at radius 1 is 1.50 bits per heavy atom. The van der Waals surface area contributed by atoms with Crippen molar-refractivity contribution in [2.24, 2.45) is 0 Å². The second-order valence-corrected chi connectivity index (χ2v) is 3.38. The summed E-state index contributed by atoms with van der Waals surface area (Å²) in [5.74, 6) is -0.303. The van der Waals surface area contributed by atoms with E-state index in [9.17, 15) is 4.79 Å². The van der Waals surface area contributed by atoms with Crippen molar-refractivity contribution in [3.63, 3.8) is 0 Å². The van der Waals surface area contributed by atoms with Crippen molar-refractivity contribution in [1.82, 2.24) is 4.98 Å². The number of carbonyl (C=O) groups is 1. The van der Waals surface area contributed by atoms with Gasteiger partial charge in [0.15, 0.2) is 6.71 Å². The molecule has 0 fully saturated rings. The lowest BCUT2D eigenvalue weighted by Gasteiger charge is -2.04. The van der Waals surface area contributed by atoms with E-state index in [0.29, 0.717) is 18.9 Å². The fourth-order valence-electron chi connectivity index (χ4n) is 1.10. The Kier molecular flexibility index (Phi) is 3.68. The van der Waals surface area contributed by atoms with Crippen LogP contribution in [0.15, 0.2) is 18.5 Å². The number of aromatic nitrogens is 1. The van der Waals surface area contributed by atoms with Gasteiger partial charge >= 0.3 is 5.97 Å². The van der Waals surface area contributed by atoms with Gasteiger partial charge in [-0.25, -0.2) is 4.79 Å². The molecule has 1 heterocycles. The van der Waals surface area contributed by atoms with Crippen LogP contribution >= 0.6 is 0 Å². The highest BCUT2D eigenvalue weighted by Gasteiger charge is 2.09. The monoisotopic (exact) mass is 191 g/mol. The SMILES string of the molecule is CCOC(=O)c1cncc(B(C)C)c1. The van der Waals surface area contributed by atoms with Crippen molar-refractivity contribution < 1.29 is 9.53 Å². The average Bonchev–Trinajstić information content (AvgIpc) is 2.18. The minimum Gasteiger partial charge on any atom is -0.462 e. The number of nitrogens with zero attached hydrogens (tertiary/aromatic N) is 1. The van der Waals surface area contributed by atoms with E-state index in [4.69, 9.17) is 4.74 Å². The van der Waals surface area contributed by atoms with Crippen LogP contribution < -0.4 is 5.46 Å². The fourth-order valence-corrected chi connectivity index (χ4v) is 1.10. The summed E-state index contributed by atoms with van der Waals surface area (Å²) in [5.41, 5.74) is 1.58. The van der Waals surface area contributed by atoms with Gasteiger partial charge in [0.25, 0.3) is 0 Å². The van der Waals surface area contributed by atoms with Crippen molar-refractivity contribution in [3.05, 3.63) is 24.0 Å². The Balaban J connectivity index is 2.88. The minimum absolute atomic E-state index is 0.303. The second-order valence-electron chi connectivity index (χ2n) is 3.38. The highest BCUT2D eigenvalue weighted by Crippen LogP contribution is 1.98. The van der Waals surface area contributed by atoms with E-state index < -0.39 is 0 Å². The van der Waals surface area contributed by atoms with Gasteiger partial charge in [0.05, 0.1) is 12.2 Å². The molecule has 0 amide bonds. The summed E-state index contributed by atoms with van der Waals surface area (Å²) in [6, 6.07) is 1.83. The molecule has 0 saturated carbocycles. The lowest BCUT2D eigenvalue weighted by Crippen LogP contribution is -2.24. The number of hydrogen-bond acceptors (Lipinski definition) is 3. The van der Waals surface area contributed by atoms with Gasteiger partial charge in [-0.05, 0) is 6.92 Å². The molecule has 0 unspecified atom stereocenters. The number of pyridine rings is 1. The molecule has 0 aliphatic heterocycles. The molecule has 0 aromatic carbocycles. The molecular weight excluding hydrogens is 177 g/mol. The van der Waals surface area contributed by atoms with Gasteiger partial charge in [0.2, 0.25) is 0 Å². The molecule has 1 aromatic rings. The van der Waals surface area contributed by atoms with Crippen molar-refractivity contribution >= 4 is 18.1 Å². The first-order valence-corrected chi connectivity index (χ1v) is 4.77. The number of hydrogen-bond donors (Lipinski definition) is 0. The molecule has 0 spiro atoms. The molecule has 0 aliphatic rings.